The molecule has 0 saturated carbocycles. The third kappa shape index (κ3) is 4.76. The maximum absolute atomic E-state index is 12.5. The van der Waals surface area contributed by atoms with E-state index in [9.17, 15) is 4.79 Å². The summed E-state index contributed by atoms with van der Waals surface area (Å²) in [6.45, 7) is 7.10. The van der Waals surface area contributed by atoms with Crippen molar-refractivity contribution in [3.8, 4) is 0 Å². The zero-order valence-electron chi connectivity index (χ0n) is 18.5. The van der Waals surface area contributed by atoms with Crippen LogP contribution in [0.25, 0.3) is 10.9 Å². The lowest BCUT2D eigenvalue weighted by molar-refractivity contribution is 0.0955. The van der Waals surface area contributed by atoms with E-state index in [4.69, 9.17) is 11.6 Å². The number of nitrogens with zero attached hydrogens (tertiary/aromatic N) is 2. The van der Waals surface area contributed by atoms with Gasteiger partial charge in [0.25, 0.3) is 5.91 Å². The zero-order valence-corrected chi connectivity index (χ0v) is 19.2. The molecule has 0 fully saturated rings. The predicted molar refractivity (Wildman–Crippen MR) is 133 cm³/mol. The fourth-order valence-corrected chi connectivity index (χ4v) is 3.86. The molecule has 4 nitrogen and oxygen atoms in total. The fraction of sp³-hybridized carbons (Fsp3) is 0.185. The van der Waals surface area contributed by atoms with Gasteiger partial charge in [0.05, 0.1) is 6.21 Å². The summed E-state index contributed by atoms with van der Waals surface area (Å²) in [5.74, 6) is -0.235. The number of para-hydroxylation sites is 1. The second-order valence-electron chi connectivity index (χ2n) is 8.85. The average Bonchev–Trinajstić information content (AvgIpc) is 3.12. The molecule has 0 spiro atoms. The van der Waals surface area contributed by atoms with Gasteiger partial charge in [-0.1, -0.05) is 80.9 Å². The van der Waals surface area contributed by atoms with Gasteiger partial charge in [0.15, 0.2) is 0 Å². The number of nitrogens with one attached hydrogen (secondary N) is 1. The van der Waals surface area contributed by atoms with E-state index in [2.05, 4.69) is 41.9 Å². The molecule has 0 bridgehead atoms. The van der Waals surface area contributed by atoms with Gasteiger partial charge in [-0.25, -0.2) is 5.43 Å². The second-order valence-corrected chi connectivity index (χ2v) is 9.25. The molecule has 1 amide bonds. The molecule has 0 saturated heterocycles. The van der Waals surface area contributed by atoms with Crippen LogP contribution in [-0.2, 0) is 12.0 Å². The van der Waals surface area contributed by atoms with Gasteiger partial charge in [-0.05, 0) is 40.8 Å². The van der Waals surface area contributed by atoms with Crippen LogP contribution >= 0.6 is 11.6 Å². The Labute approximate surface area is 193 Å². The summed E-state index contributed by atoms with van der Waals surface area (Å²) in [4.78, 5) is 12.5. The van der Waals surface area contributed by atoms with Gasteiger partial charge >= 0.3 is 0 Å². The van der Waals surface area contributed by atoms with Gasteiger partial charge in [-0.2, -0.15) is 5.10 Å². The van der Waals surface area contributed by atoms with E-state index in [-0.39, 0.29) is 11.3 Å². The summed E-state index contributed by atoms with van der Waals surface area (Å²) in [5, 5.41) is 6.02. The van der Waals surface area contributed by atoms with Crippen LogP contribution in [0, 0.1) is 0 Å². The molecule has 0 atom stereocenters. The molecule has 4 aromatic rings. The third-order valence-electron chi connectivity index (χ3n) is 5.50. The van der Waals surface area contributed by atoms with E-state index in [0.29, 0.717) is 12.1 Å². The maximum Gasteiger partial charge on any atom is 0.271 e. The van der Waals surface area contributed by atoms with Crippen LogP contribution in [0.1, 0.15) is 47.8 Å². The van der Waals surface area contributed by atoms with Crippen molar-refractivity contribution >= 4 is 34.6 Å². The number of hydrogen-bond donors (Lipinski definition) is 1. The molecule has 162 valence electrons. The molecule has 5 heteroatoms. The lowest BCUT2D eigenvalue weighted by Crippen LogP contribution is -2.18. The van der Waals surface area contributed by atoms with Crippen molar-refractivity contribution in [1.29, 1.82) is 0 Å². The van der Waals surface area contributed by atoms with E-state index in [1.165, 1.54) is 5.56 Å². The molecular weight excluding hydrogens is 418 g/mol. The molecule has 32 heavy (non-hydrogen) atoms. The number of fused-ring (bicyclic) bond motifs is 1. The van der Waals surface area contributed by atoms with E-state index in [0.717, 1.165) is 27.1 Å². The van der Waals surface area contributed by atoms with Gasteiger partial charge in [-0.15, -0.1) is 0 Å². The first-order chi connectivity index (χ1) is 15.3. The standard InChI is InChI=1S/C27H26ClN3O/c1-27(2,3)22-14-12-19(13-15-22)26(32)30-29-16-21-18-31(25-11-7-5-9-23(21)25)17-20-8-4-6-10-24(20)28/h4-16,18H,17H2,1-3H3,(H,30,32)/b29-16-. The quantitative estimate of drug-likeness (QED) is 0.281. The largest absolute Gasteiger partial charge is 0.342 e. The van der Waals surface area contributed by atoms with Crippen molar-refractivity contribution in [2.45, 2.75) is 32.7 Å². The maximum atomic E-state index is 12.5. The number of rotatable bonds is 5. The van der Waals surface area contributed by atoms with Crippen LogP contribution in [-0.4, -0.2) is 16.7 Å². The van der Waals surface area contributed by atoms with Crippen LogP contribution in [0.2, 0.25) is 5.02 Å². The minimum absolute atomic E-state index is 0.0470. The average molecular weight is 444 g/mol. The minimum Gasteiger partial charge on any atom is -0.342 e. The number of benzene rings is 3. The van der Waals surface area contributed by atoms with Crippen LogP contribution in [0.15, 0.2) is 84.1 Å². The Hall–Kier alpha value is -3.37. The highest BCUT2D eigenvalue weighted by atomic mass is 35.5. The Morgan fingerprint density at radius 1 is 1.00 bits per heavy atom. The highest BCUT2D eigenvalue weighted by Gasteiger charge is 2.14. The van der Waals surface area contributed by atoms with Crippen LogP contribution < -0.4 is 5.43 Å². The topological polar surface area (TPSA) is 46.4 Å². The summed E-state index contributed by atoms with van der Waals surface area (Å²) >= 11 is 6.36. The first-order valence-electron chi connectivity index (χ1n) is 10.6. The Bertz CT molecular complexity index is 1280. The van der Waals surface area contributed by atoms with E-state index in [1.54, 1.807) is 6.21 Å². The summed E-state index contributed by atoms with van der Waals surface area (Å²) in [7, 11) is 0. The summed E-state index contributed by atoms with van der Waals surface area (Å²) in [6, 6.07) is 23.6. The van der Waals surface area contributed by atoms with Crippen molar-refractivity contribution in [3.05, 3.63) is 106 Å². The van der Waals surface area contributed by atoms with Crippen molar-refractivity contribution in [3.63, 3.8) is 0 Å². The number of hydrazone groups is 1. The molecule has 0 aliphatic rings. The Morgan fingerprint density at radius 3 is 2.41 bits per heavy atom. The molecule has 1 N–H and O–H groups in total. The Kier molecular flexibility index (Phi) is 6.15. The van der Waals surface area contributed by atoms with Gasteiger partial charge in [-0.3, -0.25) is 4.79 Å². The second kappa shape index (κ2) is 9.01. The molecule has 1 heterocycles. The number of hydrogen-bond acceptors (Lipinski definition) is 2. The highest BCUT2D eigenvalue weighted by molar-refractivity contribution is 6.31. The van der Waals surface area contributed by atoms with Crippen molar-refractivity contribution in [2.24, 2.45) is 5.10 Å². The number of carbonyl (C=O) groups excluding carboxylic acids is 1. The third-order valence-corrected chi connectivity index (χ3v) is 5.87. The van der Waals surface area contributed by atoms with Gasteiger partial charge in [0.1, 0.15) is 0 Å². The van der Waals surface area contributed by atoms with Crippen LogP contribution in [0.4, 0.5) is 0 Å². The first kappa shape index (κ1) is 21.8. The fourth-order valence-electron chi connectivity index (χ4n) is 3.67. The monoisotopic (exact) mass is 443 g/mol. The molecule has 0 aliphatic carbocycles. The van der Waals surface area contributed by atoms with E-state index in [1.807, 2.05) is 72.9 Å². The minimum atomic E-state index is -0.235. The van der Waals surface area contributed by atoms with Crippen LogP contribution in [0.3, 0.4) is 0 Å². The smallest absolute Gasteiger partial charge is 0.271 e. The Morgan fingerprint density at radius 2 is 1.69 bits per heavy atom. The van der Waals surface area contributed by atoms with Crippen molar-refractivity contribution in [2.75, 3.05) is 0 Å². The first-order valence-corrected chi connectivity index (χ1v) is 11.0. The van der Waals surface area contributed by atoms with Gasteiger partial charge < -0.3 is 4.57 Å². The highest BCUT2D eigenvalue weighted by Crippen LogP contribution is 2.24. The SMILES string of the molecule is CC(C)(C)c1ccc(C(=O)N/N=C\c2cn(Cc3ccccc3Cl)c3ccccc23)cc1. The summed E-state index contributed by atoms with van der Waals surface area (Å²) in [5.41, 5.74) is 7.50. The van der Waals surface area contributed by atoms with Crippen LogP contribution in [0.5, 0.6) is 0 Å². The lowest BCUT2D eigenvalue weighted by atomic mass is 9.87. The zero-order chi connectivity index (χ0) is 22.7. The van der Waals surface area contributed by atoms with Gasteiger partial charge in [0.2, 0.25) is 0 Å². The summed E-state index contributed by atoms with van der Waals surface area (Å²) in [6.07, 6.45) is 3.72. The molecule has 4 rings (SSSR count). The molecular formula is C27H26ClN3O. The van der Waals surface area contributed by atoms with E-state index < -0.39 is 0 Å². The molecule has 1 aromatic heterocycles. The molecule has 0 unspecified atom stereocenters. The van der Waals surface area contributed by atoms with E-state index >= 15 is 0 Å². The lowest BCUT2D eigenvalue weighted by Gasteiger charge is -2.18. The molecule has 0 radical (unpaired) electrons. The normalized spacial score (nSPS) is 11.9. The molecule has 3 aromatic carbocycles. The van der Waals surface area contributed by atoms with Crippen molar-refractivity contribution in [1.82, 2.24) is 9.99 Å². The Balaban J connectivity index is 1.53. The molecule has 0 aliphatic heterocycles. The summed E-state index contributed by atoms with van der Waals surface area (Å²) < 4.78 is 2.14. The number of aromatic nitrogens is 1. The number of halogens is 1. The van der Waals surface area contributed by atoms with Crippen molar-refractivity contribution < 1.29 is 4.79 Å². The van der Waals surface area contributed by atoms with Gasteiger partial charge in [0, 0.05) is 39.8 Å². The number of carbonyl (C=O) groups is 1. The predicted octanol–water partition coefficient (Wildman–Crippen LogP) is 6.40. The number of amides is 1.